The van der Waals surface area contributed by atoms with Crippen molar-refractivity contribution < 1.29 is 4.79 Å². The Morgan fingerprint density at radius 3 is 1.51 bits per heavy atom. The number of rotatable bonds is 8. The molecular weight excluding hydrogens is 492 g/mol. The molecule has 188 valence electrons. The maximum atomic E-state index is 13.8. The highest BCUT2D eigenvalue weighted by Crippen LogP contribution is 2.22. The minimum atomic E-state index is -0.606. The molecule has 11 heteroatoms. The fraction of sp³-hybridized carbons (Fsp3) is 0.0357. The highest BCUT2D eigenvalue weighted by atomic mass is 16.1. The molecule has 0 saturated heterocycles. The summed E-state index contributed by atoms with van der Waals surface area (Å²) in [7, 11) is 0. The van der Waals surface area contributed by atoms with E-state index in [2.05, 4.69) is 56.4 Å². The molecule has 0 N–H and O–H groups in total. The zero-order chi connectivity index (χ0) is 27.0. The van der Waals surface area contributed by atoms with Crippen molar-refractivity contribution in [3.63, 3.8) is 0 Å². The van der Waals surface area contributed by atoms with Gasteiger partial charge >= 0.3 is 0 Å². The predicted molar refractivity (Wildman–Crippen MR) is 145 cm³/mol. The lowest BCUT2D eigenvalue weighted by molar-refractivity contribution is 0.101. The summed E-state index contributed by atoms with van der Waals surface area (Å²) < 4.78 is 0. The number of nitrogens with zero attached hydrogens (tertiary/aromatic N) is 10. The molecule has 0 bridgehead atoms. The van der Waals surface area contributed by atoms with Crippen LogP contribution in [0.15, 0.2) is 97.4 Å². The van der Waals surface area contributed by atoms with Crippen molar-refractivity contribution in [1.29, 1.82) is 0 Å². The summed E-state index contributed by atoms with van der Waals surface area (Å²) in [5.74, 6) is 0.209. The SMILES string of the molecule is C=C(/C=C\N=C/C)c1nc(C(=O)c2nc(-c3ccncc3)nc(-c3ccncc3)n2)nc(-c2ccncc2)n1. The van der Waals surface area contributed by atoms with Crippen LogP contribution in [-0.2, 0) is 0 Å². The standard InChI is InChI=1S/C28H20N10O/c1-3-29-11-4-18(2)23-33-24(19-5-12-30-13-6-19)36-27(34-23)22(39)28-37-25(20-7-14-31-15-8-20)35-26(38-28)21-9-16-32-17-10-21/h3-17H,2H2,1H3/b11-4-,29-3-. The van der Waals surface area contributed by atoms with E-state index in [0.717, 1.165) is 0 Å². The van der Waals surface area contributed by atoms with Gasteiger partial charge in [-0.15, -0.1) is 0 Å². The molecule has 5 rings (SSSR count). The van der Waals surface area contributed by atoms with Crippen LogP contribution in [0.2, 0.25) is 0 Å². The maximum Gasteiger partial charge on any atom is 0.267 e. The summed E-state index contributed by atoms with van der Waals surface area (Å²) >= 11 is 0. The van der Waals surface area contributed by atoms with E-state index >= 15 is 0 Å². The van der Waals surface area contributed by atoms with E-state index in [4.69, 9.17) is 0 Å². The Labute approximate surface area is 223 Å². The van der Waals surface area contributed by atoms with E-state index in [-0.39, 0.29) is 23.3 Å². The van der Waals surface area contributed by atoms with Crippen LogP contribution in [0.25, 0.3) is 39.7 Å². The highest BCUT2D eigenvalue weighted by Gasteiger charge is 2.22. The summed E-state index contributed by atoms with van der Waals surface area (Å²) in [4.78, 5) is 56.9. The molecule has 0 amide bonds. The number of hydrogen-bond donors (Lipinski definition) is 0. The van der Waals surface area contributed by atoms with Gasteiger partial charge in [-0.3, -0.25) is 24.7 Å². The van der Waals surface area contributed by atoms with Gasteiger partial charge in [0.1, 0.15) is 0 Å². The fourth-order valence-corrected chi connectivity index (χ4v) is 3.38. The van der Waals surface area contributed by atoms with Gasteiger partial charge in [-0.05, 0) is 49.4 Å². The number of hydrogen-bond acceptors (Lipinski definition) is 11. The quantitative estimate of drug-likeness (QED) is 0.169. The van der Waals surface area contributed by atoms with Crippen molar-refractivity contribution in [3.8, 4) is 34.2 Å². The Balaban J connectivity index is 1.65. The molecule has 0 aliphatic carbocycles. The summed E-state index contributed by atoms with van der Waals surface area (Å²) in [6, 6.07) is 10.5. The molecule has 0 atom stereocenters. The third-order valence-electron chi connectivity index (χ3n) is 5.29. The molecule has 39 heavy (non-hydrogen) atoms. The molecule has 5 heterocycles. The monoisotopic (exact) mass is 512 g/mol. The average Bonchev–Trinajstić information content (AvgIpc) is 3.01. The Kier molecular flexibility index (Phi) is 7.40. The molecule has 0 radical (unpaired) electrons. The molecule has 0 spiro atoms. The number of pyridine rings is 3. The minimum Gasteiger partial charge on any atom is -0.281 e. The highest BCUT2D eigenvalue weighted by molar-refractivity contribution is 6.04. The van der Waals surface area contributed by atoms with Gasteiger partial charge in [0.15, 0.2) is 23.3 Å². The summed E-state index contributed by atoms with van der Waals surface area (Å²) in [6.07, 6.45) is 14.5. The van der Waals surface area contributed by atoms with E-state index in [1.54, 1.807) is 99.0 Å². The maximum absolute atomic E-state index is 13.8. The topological polar surface area (TPSA) is 145 Å². The molecule has 0 aliphatic heterocycles. The van der Waals surface area contributed by atoms with Gasteiger partial charge in [0.2, 0.25) is 11.6 Å². The van der Waals surface area contributed by atoms with Gasteiger partial charge < -0.3 is 0 Å². The number of allylic oxidation sites excluding steroid dienone is 2. The normalized spacial score (nSPS) is 11.2. The van der Waals surface area contributed by atoms with Crippen LogP contribution in [-0.4, -0.2) is 56.9 Å². The lowest BCUT2D eigenvalue weighted by atomic mass is 10.2. The second-order valence-corrected chi connectivity index (χ2v) is 7.90. The number of aliphatic imine (C=N–C) groups is 1. The van der Waals surface area contributed by atoms with Gasteiger partial charge in [-0.25, -0.2) is 29.9 Å². The molecule has 0 fully saturated rings. The third-order valence-corrected chi connectivity index (χ3v) is 5.29. The van der Waals surface area contributed by atoms with Crippen LogP contribution in [0.4, 0.5) is 0 Å². The Hall–Kier alpha value is -5.71. The predicted octanol–water partition coefficient (Wildman–Crippen LogP) is 4.09. The van der Waals surface area contributed by atoms with Crippen LogP contribution < -0.4 is 0 Å². The number of aromatic nitrogens is 9. The first-order valence-electron chi connectivity index (χ1n) is 11.7. The molecule has 0 saturated carbocycles. The van der Waals surface area contributed by atoms with Crippen molar-refractivity contribution in [2.75, 3.05) is 0 Å². The zero-order valence-corrected chi connectivity index (χ0v) is 20.7. The van der Waals surface area contributed by atoms with Crippen molar-refractivity contribution in [1.82, 2.24) is 44.9 Å². The Morgan fingerprint density at radius 1 is 0.641 bits per heavy atom. The van der Waals surface area contributed by atoms with Crippen molar-refractivity contribution in [2.24, 2.45) is 4.99 Å². The number of carbonyl (C=O) groups excluding carboxylic acids is 1. The Morgan fingerprint density at radius 2 is 1.05 bits per heavy atom. The van der Waals surface area contributed by atoms with Crippen molar-refractivity contribution >= 4 is 17.6 Å². The largest absolute Gasteiger partial charge is 0.281 e. The molecule has 0 unspecified atom stereocenters. The summed E-state index contributed by atoms with van der Waals surface area (Å²) in [6.45, 7) is 5.82. The minimum absolute atomic E-state index is 0.127. The number of ketones is 1. The Bertz CT molecular complexity index is 1630. The second kappa shape index (κ2) is 11.6. The van der Waals surface area contributed by atoms with E-state index in [0.29, 0.717) is 33.9 Å². The van der Waals surface area contributed by atoms with E-state index in [1.807, 2.05) is 0 Å². The van der Waals surface area contributed by atoms with Crippen LogP contribution in [0.3, 0.4) is 0 Å². The van der Waals surface area contributed by atoms with Crippen LogP contribution in [0, 0.1) is 0 Å². The first kappa shape index (κ1) is 25.0. The van der Waals surface area contributed by atoms with Crippen molar-refractivity contribution in [2.45, 2.75) is 6.92 Å². The molecule has 11 nitrogen and oxygen atoms in total. The average molecular weight is 513 g/mol. The van der Waals surface area contributed by atoms with E-state index in [1.165, 1.54) is 0 Å². The van der Waals surface area contributed by atoms with Crippen molar-refractivity contribution in [3.05, 3.63) is 110 Å². The van der Waals surface area contributed by atoms with E-state index in [9.17, 15) is 4.79 Å². The first-order chi connectivity index (χ1) is 19.1. The molecule has 0 aliphatic rings. The molecule has 5 aromatic heterocycles. The molecule has 5 aromatic rings. The summed E-state index contributed by atoms with van der Waals surface area (Å²) in [5, 5.41) is 0. The number of carbonyl (C=O) groups is 1. The van der Waals surface area contributed by atoms with Gasteiger partial charge in [-0.2, -0.15) is 0 Å². The van der Waals surface area contributed by atoms with Gasteiger partial charge in [0, 0.05) is 71.9 Å². The van der Waals surface area contributed by atoms with Crippen LogP contribution >= 0.6 is 0 Å². The van der Waals surface area contributed by atoms with Gasteiger partial charge in [0.25, 0.3) is 5.78 Å². The van der Waals surface area contributed by atoms with Crippen LogP contribution in [0.1, 0.15) is 29.2 Å². The fourth-order valence-electron chi connectivity index (χ4n) is 3.38. The van der Waals surface area contributed by atoms with Gasteiger partial charge in [0.05, 0.1) is 0 Å². The second-order valence-electron chi connectivity index (χ2n) is 7.90. The summed E-state index contributed by atoms with van der Waals surface area (Å²) in [5.41, 5.74) is 2.43. The van der Waals surface area contributed by atoms with E-state index < -0.39 is 5.78 Å². The molecule has 0 aromatic carbocycles. The van der Waals surface area contributed by atoms with Gasteiger partial charge in [-0.1, -0.05) is 6.58 Å². The lowest BCUT2D eigenvalue weighted by Crippen LogP contribution is -2.16. The lowest BCUT2D eigenvalue weighted by Gasteiger charge is -2.09. The van der Waals surface area contributed by atoms with Crippen LogP contribution in [0.5, 0.6) is 0 Å². The third kappa shape index (κ3) is 5.83. The smallest absolute Gasteiger partial charge is 0.267 e. The zero-order valence-electron chi connectivity index (χ0n) is 20.7. The first-order valence-corrected chi connectivity index (χ1v) is 11.7. The molecular formula is C28H20N10O.